The van der Waals surface area contributed by atoms with Gasteiger partial charge in [-0.3, -0.25) is 15.2 Å². The zero-order valence-electron chi connectivity index (χ0n) is 27.6. The minimum atomic E-state index is -1.02. The summed E-state index contributed by atoms with van der Waals surface area (Å²) < 4.78 is 15.7. The van der Waals surface area contributed by atoms with Crippen molar-refractivity contribution in [3.05, 3.63) is 0 Å². The van der Waals surface area contributed by atoms with E-state index < -0.39 is 24.5 Å². The maximum absolute atomic E-state index is 15.7. The van der Waals surface area contributed by atoms with Crippen LogP contribution in [-0.2, 0) is 0 Å². The highest BCUT2D eigenvalue weighted by Crippen LogP contribution is 2.56. The summed E-state index contributed by atoms with van der Waals surface area (Å²) in [6.07, 6.45) is 10.9. The number of piperazine rings is 1. The number of nitrogens with one attached hydrogen (secondary N) is 2. The van der Waals surface area contributed by atoms with Gasteiger partial charge in [0.05, 0.1) is 29.7 Å². The van der Waals surface area contributed by atoms with E-state index in [4.69, 9.17) is 16.5 Å². The molecule has 6 rings (SSSR count). The van der Waals surface area contributed by atoms with Gasteiger partial charge >= 0.3 is 0 Å². The minimum absolute atomic E-state index is 0.140. The van der Waals surface area contributed by atoms with Crippen LogP contribution in [0.2, 0.25) is 0 Å². The van der Waals surface area contributed by atoms with E-state index >= 15 is 4.39 Å². The molecule has 0 amide bonds. The van der Waals surface area contributed by atoms with E-state index in [0.717, 1.165) is 104 Å². The Morgan fingerprint density at radius 1 is 1.04 bits per heavy atom. The molecule has 0 aromatic rings. The third-order valence-corrected chi connectivity index (χ3v) is 12.8. The minimum Gasteiger partial charge on any atom is -0.378 e. The van der Waals surface area contributed by atoms with Crippen molar-refractivity contribution in [2.24, 2.45) is 45.0 Å². The number of aliphatic hydroxyl groups is 1. The van der Waals surface area contributed by atoms with Crippen LogP contribution in [0.5, 0.6) is 0 Å². The molecule has 45 heavy (non-hydrogen) atoms. The lowest BCUT2D eigenvalue weighted by atomic mass is 9.70. The predicted molar refractivity (Wildman–Crippen MR) is 176 cm³/mol. The highest BCUT2D eigenvalue weighted by Gasteiger charge is 2.51. The average Bonchev–Trinajstić information content (AvgIpc) is 3.67. The number of likely N-dealkylation sites (tertiary alicyclic amines) is 1. The molecule has 0 aromatic carbocycles. The van der Waals surface area contributed by atoms with Crippen LogP contribution in [0.25, 0.3) is 0 Å². The SMILES string of the molecule is CN1CCN(CC2CCN(C3C(F)CNCC3NC(O)C(C(N)N)C3CC4(CCCC4)CCC(C4(C#N)CC4)C=N3)CC2)CC1. The molecule has 0 aromatic heterocycles. The second-order valence-corrected chi connectivity index (χ2v) is 15.8. The van der Waals surface area contributed by atoms with Crippen molar-refractivity contribution in [2.45, 2.75) is 107 Å². The smallest absolute Gasteiger partial charge is 0.129 e. The fourth-order valence-corrected chi connectivity index (χ4v) is 9.63. The lowest BCUT2D eigenvalue weighted by Gasteiger charge is -2.47. The number of hydrogen-bond donors (Lipinski definition) is 5. The van der Waals surface area contributed by atoms with Gasteiger partial charge < -0.3 is 31.7 Å². The van der Waals surface area contributed by atoms with E-state index in [-0.39, 0.29) is 34.9 Å². The Hall–Kier alpha value is -1.23. The number of nitrogens with two attached hydrogens (primary N) is 2. The second-order valence-electron chi connectivity index (χ2n) is 15.8. The average molecular weight is 630 g/mol. The topological polar surface area (TPSA) is 142 Å². The maximum atomic E-state index is 15.7. The quantitative estimate of drug-likeness (QED) is 0.240. The zero-order valence-corrected chi connectivity index (χ0v) is 27.6. The number of nitriles is 1. The monoisotopic (exact) mass is 629 g/mol. The van der Waals surface area contributed by atoms with Crippen molar-refractivity contribution in [1.82, 2.24) is 25.3 Å². The molecular weight excluding hydrogens is 569 g/mol. The maximum Gasteiger partial charge on any atom is 0.129 e. The van der Waals surface area contributed by atoms with Gasteiger partial charge in [-0.05, 0) is 89.3 Å². The summed E-state index contributed by atoms with van der Waals surface area (Å²) in [6, 6.07) is 1.78. The van der Waals surface area contributed by atoms with Crippen LogP contribution in [0, 0.1) is 39.9 Å². The number of likely N-dealkylation sites (N-methyl/N-ethyl adjacent to an activating group) is 1. The first-order chi connectivity index (χ1) is 21.7. The third-order valence-electron chi connectivity index (χ3n) is 12.8. The Kier molecular flexibility index (Phi) is 10.8. The molecule has 1 spiro atoms. The van der Waals surface area contributed by atoms with Crippen molar-refractivity contribution in [3.63, 3.8) is 0 Å². The van der Waals surface area contributed by atoms with Crippen LogP contribution < -0.4 is 22.1 Å². The van der Waals surface area contributed by atoms with Gasteiger partial charge in [-0.15, -0.1) is 0 Å². The summed E-state index contributed by atoms with van der Waals surface area (Å²) in [5, 5.41) is 28.5. The van der Waals surface area contributed by atoms with Crippen molar-refractivity contribution < 1.29 is 9.50 Å². The molecule has 7 N–H and O–H groups in total. The molecule has 0 bridgehead atoms. The van der Waals surface area contributed by atoms with Crippen molar-refractivity contribution in [3.8, 4) is 6.07 Å². The Labute approximate surface area is 270 Å². The molecule has 10 nitrogen and oxygen atoms in total. The number of aliphatic imine (C=N–C) groups is 1. The summed E-state index contributed by atoms with van der Waals surface area (Å²) in [4.78, 5) is 12.4. The van der Waals surface area contributed by atoms with Gasteiger partial charge in [0.2, 0.25) is 0 Å². The number of alkyl halides is 1. The zero-order chi connectivity index (χ0) is 31.6. The van der Waals surface area contributed by atoms with Crippen LogP contribution in [0.1, 0.15) is 70.6 Å². The van der Waals surface area contributed by atoms with Gasteiger partial charge in [-0.25, -0.2) is 4.39 Å². The molecule has 11 heteroatoms. The summed E-state index contributed by atoms with van der Waals surface area (Å²) in [6.45, 7) is 8.37. The van der Waals surface area contributed by atoms with Crippen molar-refractivity contribution in [2.75, 3.05) is 66.0 Å². The second kappa shape index (κ2) is 14.5. The number of aliphatic hydroxyl groups excluding tert-OH is 1. The van der Waals surface area contributed by atoms with E-state index in [2.05, 4.69) is 38.5 Å². The van der Waals surface area contributed by atoms with Gasteiger partial charge in [0, 0.05) is 69.9 Å². The first-order valence-corrected chi connectivity index (χ1v) is 18.1. The van der Waals surface area contributed by atoms with Crippen LogP contribution in [0.15, 0.2) is 4.99 Å². The molecule has 6 aliphatic rings. The van der Waals surface area contributed by atoms with E-state index in [9.17, 15) is 10.4 Å². The summed E-state index contributed by atoms with van der Waals surface area (Å²) in [5.74, 6) is 0.284. The molecule has 4 heterocycles. The van der Waals surface area contributed by atoms with Gasteiger partial charge in [-0.2, -0.15) is 5.26 Å². The van der Waals surface area contributed by atoms with E-state index in [1.54, 1.807) is 0 Å². The molecule has 0 radical (unpaired) electrons. The molecule has 254 valence electrons. The lowest BCUT2D eigenvalue weighted by Crippen LogP contribution is -2.68. The van der Waals surface area contributed by atoms with Crippen LogP contribution in [-0.4, -0.2) is 129 Å². The number of hydrogen-bond acceptors (Lipinski definition) is 10. The standard InChI is InChI=1S/C34H60FN9O/c1-42-14-16-43(17-15-42)22-24-5-12-44(13-6-24)30-26(35)20-39-21-28(30)41-32(45)29(31(37)38)27-18-33(7-2-3-8-33)9-4-25(19-40-27)34(23-36)10-11-34/h19,24-32,39,41,45H,2-18,20-22,37-38H2,1H3. The molecule has 4 aliphatic heterocycles. The van der Waals surface area contributed by atoms with Crippen LogP contribution in [0.4, 0.5) is 4.39 Å². The highest BCUT2D eigenvalue weighted by atomic mass is 19.1. The fourth-order valence-electron chi connectivity index (χ4n) is 9.63. The Morgan fingerprint density at radius 2 is 1.76 bits per heavy atom. The van der Waals surface area contributed by atoms with Crippen molar-refractivity contribution >= 4 is 6.21 Å². The van der Waals surface area contributed by atoms with E-state index in [1.165, 1.54) is 12.8 Å². The number of nitrogens with zero attached hydrogens (tertiary/aromatic N) is 5. The number of halogens is 1. The Balaban J connectivity index is 1.12. The number of piperidine rings is 2. The summed E-state index contributed by atoms with van der Waals surface area (Å²) in [5.41, 5.74) is 12.8. The summed E-state index contributed by atoms with van der Waals surface area (Å²) >= 11 is 0. The Bertz CT molecular complexity index is 1030. The van der Waals surface area contributed by atoms with Crippen LogP contribution in [0.3, 0.4) is 0 Å². The van der Waals surface area contributed by atoms with Gasteiger partial charge in [0.1, 0.15) is 12.4 Å². The van der Waals surface area contributed by atoms with E-state index in [0.29, 0.717) is 19.0 Å². The molecule has 5 fully saturated rings. The lowest BCUT2D eigenvalue weighted by molar-refractivity contribution is -0.0159. The Morgan fingerprint density at radius 3 is 2.40 bits per heavy atom. The number of rotatable bonds is 9. The third kappa shape index (κ3) is 7.75. The van der Waals surface area contributed by atoms with Crippen molar-refractivity contribution in [1.29, 1.82) is 5.26 Å². The summed E-state index contributed by atoms with van der Waals surface area (Å²) in [7, 11) is 2.19. The molecule has 2 aliphatic carbocycles. The van der Waals surface area contributed by atoms with Crippen LogP contribution >= 0.6 is 0 Å². The molecule has 3 saturated heterocycles. The normalized spacial score (nSPS) is 36.4. The first kappa shape index (κ1) is 33.7. The fraction of sp³-hybridized carbons (Fsp3) is 0.941. The van der Waals surface area contributed by atoms with E-state index in [1.807, 2.05) is 6.21 Å². The molecular formula is C34H60FN9O. The first-order valence-electron chi connectivity index (χ1n) is 18.1. The predicted octanol–water partition coefficient (Wildman–Crippen LogP) is 1.50. The van der Waals surface area contributed by atoms with Gasteiger partial charge in [0.15, 0.2) is 0 Å². The largest absolute Gasteiger partial charge is 0.378 e. The molecule has 7 unspecified atom stereocenters. The molecule has 2 saturated carbocycles. The highest BCUT2D eigenvalue weighted by molar-refractivity contribution is 5.64. The van der Waals surface area contributed by atoms with Gasteiger partial charge in [-0.1, -0.05) is 12.8 Å². The molecule has 7 atom stereocenters. The van der Waals surface area contributed by atoms with Gasteiger partial charge in [0.25, 0.3) is 0 Å².